The second-order valence-electron chi connectivity index (χ2n) is 7.22. The summed E-state index contributed by atoms with van der Waals surface area (Å²) in [5.41, 5.74) is -0.630. The van der Waals surface area contributed by atoms with Crippen LogP contribution in [0.25, 0.3) is 0 Å². The van der Waals surface area contributed by atoms with E-state index < -0.39 is 33.6 Å². The van der Waals surface area contributed by atoms with E-state index in [2.05, 4.69) is 10.0 Å². The van der Waals surface area contributed by atoms with Crippen molar-refractivity contribution in [3.63, 3.8) is 0 Å². The van der Waals surface area contributed by atoms with Crippen LogP contribution in [-0.4, -0.2) is 32.2 Å². The van der Waals surface area contributed by atoms with Crippen LogP contribution in [0.15, 0.2) is 29.2 Å². The molecule has 6 nitrogen and oxygen atoms in total. The Morgan fingerprint density at radius 3 is 2.44 bits per heavy atom. The fourth-order valence-electron chi connectivity index (χ4n) is 2.81. The summed E-state index contributed by atoms with van der Waals surface area (Å²) in [5.74, 6) is -0.616. The van der Waals surface area contributed by atoms with E-state index in [0.717, 1.165) is 18.9 Å². The molecule has 2 rings (SSSR count). The number of sulfonamides is 1. The molecule has 1 saturated carbocycles. The van der Waals surface area contributed by atoms with Crippen LogP contribution < -0.4 is 10.0 Å². The fraction of sp³-hybridized carbons (Fsp3) is 0.588. The van der Waals surface area contributed by atoms with Crippen molar-refractivity contribution in [2.75, 3.05) is 0 Å². The molecule has 0 saturated heterocycles. The summed E-state index contributed by atoms with van der Waals surface area (Å²) in [6, 6.07) is 4.01. The van der Waals surface area contributed by atoms with E-state index in [1.54, 1.807) is 20.8 Å². The number of carbonyl (C=O) groups excluding carboxylic acids is 1. The second kappa shape index (κ2) is 7.70. The lowest BCUT2D eigenvalue weighted by Crippen LogP contribution is -2.53. The number of ether oxygens (including phenoxy) is 1. The third-order valence-corrected chi connectivity index (χ3v) is 5.37. The predicted molar refractivity (Wildman–Crippen MR) is 92.1 cm³/mol. The van der Waals surface area contributed by atoms with Gasteiger partial charge in [0.2, 0.25) is 10.0 Å². The van der Waals surface area contributed by atoms with Crippen LogP contribution in [0, 0.1) is 5.82 Å². The molecule has 1 aliphatic rings. The van der Waals surface area contributed by atoms with Gasteiger partial charge in [-0.1, -0.05) is 18.9 Å². The maximum absolute atomic E-state index is 13.3. The number of rotatable bonds is 4. The molecule has 0 aliphatic heterocycles. The van der Waals surface area contributed by atoms with E-state index in [1.165, 1.54) is 18.2 Å². The van der Waals surface area contributed by atoms with Crippen molar-refractivity contribution >= 4 is 16.1 Å². The van der Waals surface area contributed by atoms with E-state index in [-0.39, 0.29) is 10.9 Å². The Kier molecular flexibility index (Phi) is 6.05. The molecule has 0 bridgehead atoms. The molecular formula is C17H25FN2O4S. The molecule has 2 atom stereocenters. The minimum atomic E-state index is -3.87. The highest BCUT2D eigenvalue weighted by molar-refractivity contribution is 7.89. The largest absolute Gasteiger partial charge is 0.444 e. The van der Waals surface area contributed by atoms with Crippen molar-refractivity contribution in [1.82, 2.24) is 10.0 Å². The van der Waals surface area contributed by atoms with Crippen molar-refractivity contribution in [2.24, 2.45) is 0 Å². The molecule has 0 unspecified atom stereocenters. The molecule has 140 valence electrons. The van der Waals surface area contributed by atoms with Crippen LogP contribution >= 0.6 is 0 Å². The zero-order valence-electron chi connectivity index (χ0n) is 14.7. The molecule has 0 heterocycles. The standard InChI is InChI=1S/C17H25FN2O4S/c1-17(2,3)24-16(21)19-14-9-4-5-10-15(14)20-25(22,23)13-8-6-7-12(18)11-13/h6-8,11,14-15,20H,4-5,9-10H2,1-3H3,(H,19,21)/t14-,15+/m0/s1. The van der Waals surface area contributed by atoms with Gasteiger partial charge in [0.15, 0.2) is 0 Å². The lowest BCUT2D eigenvalue weighted by Gasteiger charge is -2.33. The molecular weight excluding hydrogens is 347 g/mol. The van der Waals surface area contributed by atoms with Crippen LogP contribution in [0.4, 0.5) is 9.18 Å². The van der Waals surface area contributed by atoms with E-state index in [9.17, 15) is 17.6 Å². The smallest absolute Gasteiger partial charge is 0.407 e. The minimum Gasteiger partial charge on any atom is -0.444 e. The summed E-state index contributed by atoms with van der Waals surface area (Å²) in [4.78, 5) is 11.9. The van der Waals surface area contributed by atoms with Crippen molar-refractivity contribution in [3.05, 3.63) is 30.1 Å². The van der Waals surface area contributed by atoms with E-state index in [1.807, 2.05) is 0 Å². The third-order valence-electron chi connectivity index (χ3n) is 3.88. The predicted octanol–water partition coefficient (Wildman–Crippen LogP) is 2.94. The Balaban J connectivity index is 2.09. The molecule has 1 amide bonds. The lowest BCUT2D eigenvalue weighted by molar-refractivity contribution is 0.0483. The molecule has 1 aromatic carbocycles. The van der Waals surface area contributed by atoms with Gasteiger partial charge in [-0.3, -0.25) is 0 Å². The number of benzene rings is 1. The van der Waals surface area contributed by atoms with Crippen LogP contribution in [0.3, 0.4) is 0 Å². The number of carbonyl (C=O) groups is 1. The first-order valence-electron chi connectivity index (χ1n) is 8.34. The molecule has 0 spiro atoms. The minimum absolute atomic E-state index is 0.130. The number of alkyl carbamates (subject to hydrolysis) is 1. The molecule has 1 aromatic rings. The lowest BCUT2D eigenvalue weighted by atomic mass is 9.91. The Morgan fingerprint density at radius 1 is 1.20 bits per heavy atom. The SMILES string of the molecule is CC(C)(C)OC(=O)N[C@H]1CCCC[C@H]1NS(=O)(=O)c1cccc(F)c1. The van der Waals surface area contributed by atoms with Crippen molar-refractivity contribution in [2.45, 2.75) is 69.0 Å². The number of nitrogens with one attached hydrogen (secondary N) is 2. The molecule has 8 heteroatoms. The van der Waals surface area contributed by atoms with Gasteiger partial charge in [0.05, 0.1) is 4.90 Å². The van der Waals surface area contributed by atoms with Crippen molar-refractivity contribution < 1.29 is 22.3 Å². The monoisotopic (exact) mass is 372 g/mol. The zero-order chi connectivity index (χ0) is 18.7. The summed E-state index contributed by atoms with van der Waals surface area (Å²) >= 11 is 0. The van der Waals surface area contributed by atoms with Gasteiger partial charge in [0, 0.05) is 12.1 Å². The van der Waals surface area contributed by atoms with Gasteiger partial charge >= 0.3 is 6.09 Å². The average Bonchev–Trinajstić information content (AvgIpc) is 2.47. The first kappa shape index (κ1) is 19.7. The normalized spacial score (nSPS) is 21.6. The van der Waals surface area contributed by atoms with Crippen molar-refractivity contribution in [3.8, 4) is 0 Å². The van der Waals surface area contributed by atoms with Gasteiger partial charge in [0.1, 0.15) is 11.4 Å². The highest BCUT2D eigenvalue weighted by Crippen LogP contribution is 2.22. The molecule has 2 N–H and O–H groups in total. The topological polar surface area (TPSA) is 84.5 Å². The van der Waals surface area contributed by atoms with Crippen LogP contribution in [0.1, 0.15) is 46.5 Å². The molecule has 25 heavy (non-hydrogen) atoms. The van der Waals surface area contributed by atoms with Crippen LogP contribution in [0.2, 0.25) is 0 Å². The van der Waals surface area contributed by atoms with Gasteiger partial charge in [-0.15, -0.1) is 0 Å². The second-order valence-corrected chi connectivity index (χ2v) is 8.94. The summed E-state index contributed by atoms with van der Waals surface area (Å²) in [6.07, 6.45) is 2.40. The average molecular weight is 372 g/mol. The van der Waals surface area contributed by atoms with E-state index in [0.29, 0.717) is 12.8 Å². The molecule has 0 aromatic heterocycles. The Morgan fingerprint density at radius 2 is 1.84 bits per heavy atom. The molecule has 0 radical (unpaired) electrons. The highest BCUT2D eigenvalue weighted by atomic mass is 32.2. The maximum atomic E-state index is 13.3. The Labute approximate surface area is 148 Å². The number of halogens is 1. The number of amides is 1. The van der Waals surface area contributed by atoms with E-state index in [4.69, 9.17) is 4.74 Å². The van der Waals surface area contributed by atoms with E-state index >= 15 is 0 Å². The highest BCUT2D eigenvalue weighted by Gasteiger charge is 2.31. The summed E-state index contributed by atoms with van der Waals surface area (Å²) in [6.45, 7) is 5.28. The number of hydrogen-bond acceptors (Lipinski definition) is 4. The van der Waals surface area contributed by atoms with Gasteiger partial charge in [-0.25, -0.2) is 22.3 Å². The molecule has 1 aliphatic carbocycles. The van der Waals surface area contributed by atoms with Gasteiger partial charge < -0.3 is 10.1 Å². The van der Waals surface area contributed by atoms with Gasteiger partial charge in [-0.05, 0) is 51.8 Å². The fourth-order valence-corrected chi connectivity index (χ4v) is 4.15. The summed E-state index contributed by atoms with van der Waals surface area (Å²) < 4.78 is 46.1. The van der Waals surface area contributed by atoms with Crippen LogP contribution in [-0.2, 0) is 14.8 Å². The van der Waals surface area contributed by atoms with Crippen LogP contribution in [0.5, 0.6) is 0 Å². The summed E-state index contributed by atoms with van der Waals surface area (Å²) in [5, 5.41) is 2.75. The number of hydrogen-bond donors (Lipinski definition) is 2. The quantitative estimate of drug-likeness (QED) is 0.851. The van der Waals surface area contributed by atoms with Gasteiger partial charge in [-0.2, -0.15) is 0 Å². The maximum Gasteiger partial charge on any atom is 0.407 e. The van der Waals surface area contributed by atoms with Crippen molar-refractivity contribution in [1.29, 1.82) is 0 Å². The summed E-state index contributed by atoms with van der Waals surface area (Å²) in [7, 11) is -3.87. The third kappa shape index (κ3) is 5.97. The molecule has 1 fully saturated rings. The van der Waals surface area contributed by atoms with Gasteiger partial charge in [0.25, 0.3) is 0 Å². The first-order valence-corrected chi connectivity index (χ1v) is 9.82. The Bertz CT molecular complexity index is 716. The zero-order valence-corrected chi connectivity index (χ0v) is 15.5. The Hall–Kier alpha value is -1.67. The first-order chi connectivity index (χ1) is 11.6.